The van der Waals surface area contributed by atoms with Gasteiger partial charge in [-0.2, -0.15) is 0 Å². The molecular weight excluding hydrogens is 250 g/mol. The molecular formula is C16H23N3O. The number of aromatic nitrogens is 1. The molecule has 20 heavy (non-hydrogen) atoms. The second-order valence-corrected chi connectivity index (χ2v) is 5.97. The van der Waals surface area contributed by atoms with E-state index in [4.69, 9.17) is 0 Å². The van der Waals surface area contributed by atoms with Gasteiger partial charge in [-0.1, -0.05) is 0 Å². The summed E-state index contributed by atoms with van der Waals surface area (Å²) in [6, 6.07) is 2.46. The van der Waals surface area contributed by atoms with Crippen molar-refractivity contribution < 1.29 is 4.79 Å². The minimum Gasteiger partial charge on any atom is -0.356 e. The van der Waals surface area contributed by atoms with E-state index in [9.17, 15) is 4.79 Å². The number of nitrogens with zero attached hydrogens (tertiary/aromatic N) is 3. The molecule has 0 saturated carbocycles. The van der Waals surface area contributed by atoms with Gasteiger partial charge in [0.25, 0.3) is 0 Å². The van der Waals surface area contributed by atoms with Gasteiger partial charge in [-0.15, -0.1) is 0 Å². The predicted molar refractivity (Wildman–Crippen MR) is 79.8 cm³/mol. The first-order chi connectivity index (χ1) is 9.66. The lowest BCUT2D eigenvalue weighted by molar-refractivity contribution is -0.129. The Balaban J connectivity index is 1.84. The van der Waals surface area contributed by atoms with Crippen molar-refractivity contribution in [3.63, 3.8) is 0 Å². The van der Waals surface area contributed by atoms with Gasteiger partial charge in [0.15, 0.2) is 0 Å². The van der Waals surface area contributed by atoms with Crippen LogP contribution in [0.5, 0.6) is 0 Å². The van der Waals surface area contributed by atoms with Gasteiger partial charge in [-0.05, 0) is 49.8 Å². The number of carbonyl (C=O) groups is 1. The molecule has 0 N–H and O–H groups in total. The molecule has 2 aliphatic heterocycles. The van der Waals surface area contributed by atoms with Crippen molar-refractivity contribution in [2.45, 2.75) is 45.6 Å². The summed E-state index contributed by atoms with van der Waals surface area (Å²) in [7, 11) is 0. The zero-order valence-corrected chi connectivity index (χ0v) is 12.4. The fourth-order valence-corrected chi connectivity index (χ4v) is 3.52. The highest BCUT2D eigenvalue weighted by Gasteiger charge is 2.28. The van der Waals surface area contributed by atoms with Crippen LogP contribution in [0.25, 0.3) is 0 Å². The summed E-state index contributed by atoms with van der Waals surface area (Å²) in [5.74, 6) is 1.30. The molecule has 1 aromatic heterocycles. The average Bonchev–Trinajstić information content (AvgIpc) is 3.10. The van der Waals surface area contributed by atoms with E-state index < -0.39 is 0 Å². The van der Waals surface area contributed by atoms with Crippen LogP contribution in [-0.2, 0) is 4.79 Å². The van der Waals surface area contributed by atoms with Crippen LogP contribution >= 0.6 is 0 Å². The third kappa shape index (κ3) is 2.39. The van der Waals surface area contributed by atoms with Crippen molar-refractivity contribution in [3.8, 4) is 0 Å². The van der Waals surface area contributed by atoms with Crippen LogP contribution in [0.3, 0.4) is 0 Å². The van der Waals surface area contributed by atoms with Crippen molar-refractivity contribution in [3.05, 3.63) is 23.4 Å². The molecule has 1 amide bonds. The predicted octanol–water partition coefficient (Wildman–Crippen LogP) is 2.67. The fourth-order valence-electron chi connectivity index (χ4n) is 3.52. The maximum atomic E-state index is 11.7. The summed E-state index contributed by atoms with van der Waals surface area (Å²) < 4.78 is 0. The van der Waals surface area contributed by atoms with Gasteiger partial charge < -0.3 is 9.80 Å². The Morgan fingerprint density at radius 3 is 2.65 bits per heavy atom. The summed E-state index contributed by atoms with van der Waals surface area (Å²) in [6.07, 6.45) is 6.67. The molecule has 0 spiro atoms. The van der Waals surface area contributed by atoms with Gasteiger partial charge >= 0.3 is 0 Å². The molecule has 4 heteroatoms. The highest BCUT2D eigenvalue weighted by Crippen LogP contribution is 2.33. The Morgan fingerprint density at radius 1 is 1.25 bits per heavy atom. The van der Waals surface area contributed by atoms with Crippen LogP contribution in [0.4, 0.5) is 5.82 Å². The average molecular weight is 273 g/mol. The summed E-state index contributed by atoms with van der Waals surface area (Å²) >= 11 is 0. The van der Waals surface area contributed by atoms with Gasteiger partial charge in [-0.3, -0.25) is 4.79 Å². The number of aryl methyl sites for hydroxylation is 1. The third-order valence-corrected chi connectivity index (χ3v) is 4.52. The van der Waals surface area contributed by atoms with E-state index in [2.05, 4.69) is 22.9 Å². The molecule has 3 rings (SSSR count). The molecule has 3 heterocycles. The molecule has 2 aliphatic rings. The lowest BCUT2D eigenvalue weighted by Gasteiger charge is -2.25. The molecule has 4 nitrogen and oxygen atoms in total. The molecule has 2 saturated heterocycles. The SMILES string of the molecule is CC(=O)N1CCC[C@H]1c1cnc(N2CCCC2)c(C)c1. The van der Waals surface area contributed by atoms with Crippen LogP contribution < -0.4 is 4.90 Å². The van der Waals surface area contributed by atoms with Gasteiger partial charge in [0.05, 0.1) is 6.04 Å². The number of pyridine rings is 1. The molecule has 0 unspecified atom stereocenters. The normalized spacial score (nSPS) is 22.6. The lowest BCUT2D eigenvalue weighted by Crippen LogP contribution is -2.28. The van der Waals surface area contributed by atoms with Gasteiger partial charge in [0.1, 0.15) is 5.82 Å². The van der Waals surface area contributed by atoms with E-state index in [1.165, 1.54) is 24.0 Å². The van der Waals surface area contributed by atoms with Crippen molar-refractivity contribution in [2.75, 3.05) is 24.5 Å². The highest BCUT2D eigenvalue weighted by molar-refractivity contribution is 5.74. The van der Waals surface area contributed by atoms with Crippen molar-refractivity contribution >= 4 is 11.7 Å². The minimum absolute atomic E-state index is 0.175. The van der Waals surface area contributed by atoms with Crippen LogP contribution in [0.2, 0.25) is 0 Å². The summed E-state index contributed by atoms with van der Waals surface area (Å²) in [6.45, 7) is 6.92. The second kappa shape index (κ2) is 5.43. The Hall–Kier alpha value is -1.58. The Kier molecular flexibility index (Phi) is 3.64. The van der Waals surface area contributed by atoms with Crippen molar-refractivity contribution in [1.82, 2.24) is 9.88 Å². The number of hydrogen-bond donors (Lipinski definition) is 0. The number of likely N-dealkylation sites (tertiary alicyclic amines) is 1. The van der Waals surface area contributed by atoms with Gasteiger partial charge in [0, 0.05) is 32.8 Å². The molecule has 1 aromatic rings. The first-order valence-electron chi connectivity index (χ1n) is 7.65. The van der Waals surface area contributed by atoms with Crippen LogP contribution in [0.15, 0.2) is 12.3 Å². The Morgan fingerprint density at radius 2 is 2.00 bits per heavy atom. The zero-order chi connectivity index (χ0) is 14.1. The van der Waals surface area contributed by atoms with Crippen molar-refractivity contribution in [1.29, 1.82) is 0 Å². The second-order valence-electron chi connectivity index (χ2n) is 5.97. The first-order valence-corrected chi connectivity index (χ1v) is 7.65. The standard InChI is InChI=1S/C16H23N3O/c1-12-10-14(15-6-5-9-19(15)13(2)20)11-17-16(12)18-7-3-4-8-18/h10-11,15H,3-9H2,1-2H3/t15-/m0/s1. The monoisotopic (exact) mass is 273 g/mol. The van der Waals surface area contributed by atoms with E-state index in [1.54, 1.807) is 6.92 Å². The van der Waals surface area contributed by atoms with Crippen molar-refractivity contribution in [2.24, 2.45) is 0 Å². The molecule has 0 aromatic carbocycles. The van der Waals surface area contributed by atoms with E-state index >= 15 is 0 Å². The van der Waals surface area contributed by atoms with E-state index in [-0.39, 0.29) is 11.9 Å². The molecule has 0 radical (unpaired) electrons. The quantitative estimate of drug-likeness (QED) is 0.831. The fraction of sp³-hybridized carbons (Fsp3) is 0.625. The lowest BCUT2D eigenvalue weighted by atomic mass is 10.0. The number of rotatable bonds is 2. The van der Waals surface area contributed by atoms with Gasteiger partial charge in [-0.25, -0.2) is 4.98 Å². The Bertz CT molecular complexity index is 508. The molecule has 0 aliphatic carbocycles. The largest absolute Gasteiger partial charge is 0.356 e. The number of carbonyl (C=O) groups excluding carboxylic acids is 1. The van der Waals surface area contributed by atoms with Crippen LogP contribution in [0, 0.1) is 6.92 Å². The molecule has 108 valence electrons. The number of anilines is 1. The molecule has 2 fully saturated rings. The summed E-state index contributed by atoms with van der Waals surface area (Å²) in [4.78, 5) is 20.7. The van der Waals surface area contributed by atoms with Crippen LogP contribution in [-0.4, -0.2) is 35.4 Å². The summed E-state index contributed by atoms with van der Waals surface area (Å²) in [5, 5.41) is 0. The van der Waals surface area contributed by atoms with E-state index in [1.807, 2.05) is 11.1 Å². The maximum absolute atomic E-state index is 11.7. The van der Waals surface area contributed by atoms with Crippen LogP contribution in [0.1, 0.15) is 49.8 Å². The van der Waals surface area contributed by atoms with E-state index in [0.717, 1.165) is 38.3 Å². The van der Waals surface area contributed by atoms with E-state index in [0.29, 0.717) is 0 Å². The molecule has 0 bridgehead atoms. The number of hydrogen-bond acceptors (Lipinski definition) is 3. The molecule has 1 atom stereocenters. The maximum Gasteiger partial charge on any atom is 0.219 e. The minimum atomic E-state index is 0.175. The highest BCUT2D eigenvalue weighted by atomic mass is 16.2. The smallest absolute Gasteiger partial charge is 0.219 e. The first kappa shape index (κ1) is 13.4. The Labute approximate surface area is 120 Å². The number of amides is 1. The third-order valence-electron chi connectivity index (χ3n) is 4.52. The summed E-state index contributed by atoms with van der Waals surface area (Å²) in [5.41, 5.74) is 2.43. The van der Waals surface area contributed by atoms with Gasteiger partial charge in [0.2, 0.25) is 5.91 Å². The topological polar surface area (TPSA) is 36.4 Å². The zero-order valence-electron chi connectivity index (χ0n) is 12.4.